The highest BCUT2D eigenvalue weighted by Crippen LogP contribution is 2.15. The van der Waals surface area contributed by atoms with Crippen LogP contribution in [0.15, 0.2) is 36.7 Å². The fraction of sp³-hybridized carbons (Fsp3) is 0.294. The number of amides is 2. The van der Waals surface area contributed by atoms with Gasteiger partial charge in [-0.25, -0.2) is 4.98 Å². The second-order valence-corrected chi connectivity index (χ2v) is 5.57. The molecule has 0 saturated carbocycles. The maximum atomic E-state index is 12.3. The molecule has 0 unspecified atom stereocenters. The van der Waals surface area contributed by atoms with Crippen LogP contribution in [0.25, 0.3) is 0 Å². The molecule has 0 spiro atoms. The van der Waals surface area contributed by atoms with Crippen LogP contribution >= 0.6 is 0 Å². The second kappa shape index (κ2) is 6.56. The Kier molecular flexibility index (Phi) is 4.32. The summed E-state index contributed by atoms with van der Waals surface area (Å²) in [7, 11) is 0. The largest absolute Gasteiger partial charge is 0.339 e. The van der Waals surface area contributed by atoms with Crippen molar-refractivity contribution in [3.05, 3.63) is 53.6 Å². The van der Waals surface area contributed by atoms with Crippen LogP contribution in [0.4, 0.5) is 5.69 Å². The minimum Gasteiger partial charge on any atom is -0.339 e. The minimum atomic E-state index is -0.323. The Balaban J connectivity index is 1.66. The number of hydrogen-bond acceptors (Lipinski definition) is 4. The summed E-state index contributed by atoms with van der Waals surface area (Å²) in [4.78, 5) is 34.3. The quantitative estimate of drug-likeness (QED) is 0.943. The van der Waals surface area contributed by atoms with Crippen LogP contribution in [0.2, 0.25) is 0 Å². The number of carbonyl (C=O) groups excluding carboxylic acids is 2. The fourth-order valence-corrected chi connectivity index (χ4v) is 2.50. The molecule has 1 saturated heterocycles. The van der Waals surface area contributed by atoms with Crippen LogP contribution in [0.5, 0.6) is 0 Å². The number of benzene rings is 1. The molecule has 3 rings (SSSR count). The van der Waals surface area contributed by atoms with Crippen molar-refractivity contribution in [2.24, 2.45) is 0 Å². The van der Waals surface area contributed by atoms with E-state index in [1.807, 2.05) is 11.8 Å². The van der Waals surface area contributed by atoms with Crippen LogP contribution in [-0.4, -0.2) is 39.8 Å². The molecule has 1 aliphatic heterocycles. The van der Waals surface area contributed by atoms with E-state index in [0.29, 0.717) is 11.3 Å². The fourth-order valence-electron chi connectivity index (χ4n) is 2.50. The zero-order chi connectivity index (χ0) is 16.2. The lowest BCUT2D eigenvalue weighted by molar-refractivity contribution is 0.0792. The van der Waals surface area contributed by atoms with E-state index < -0.39 is 0 Å². The van der Waals surface area contributed by atoms with Gasteiger partial charge in [0.1, 0.15) is 5.69 Å². The molecular formula is C17H18N4O2. The van der Waals surface area contributed by atoms with E-state index in [1.54, 1.807) is 30.5 Å². The normalized spacial score (nSPS) is 13.9. The molecule has 1 aliphatic rings. The van der Waals surface area contributed by atoms with Crippen LogP contribution in [0.3, 0.4) is 0 Å². The van der Waals surface area contributed by atoms with Crippen LogP contribution in [-0.2, 0) is 0 Å². The first-order valence-electron chi connectivity index (χ1n) is 7.63. The average molecular weight is 310 g/mol. The van der Waals surface area contributed by atoms with Crippen molar-refractivity contribution >= 4 is 17.5 Å². The summed E-state index contributed by atoms with van der Waals surface area (Å²) in [6.07, 6.45) is 5.12. The number of hydrogen-bond donors (Lipinski definition) is 1. The summed E-state index contributed by atoms with van der Waals surface area (Å²) in [5.74, 6) is -0.277. The van der Waals surface area contributed by atoms with Gasteiger partial charge < -0.3 is 10.2 Å². The first kappa shape index (κ1) is 15.1. The Morgan fingerprint density at radius 1 is 1.04 bits per heavy atom. The third-order valence-electron chi connectivity index (χ3n) is 3.80. The number of carbonyl (C=O) groups is 2. The van der Waals surface area contributed by atoms with Crippen LogP contribution in [0.1, 0.15) is 39.4 Å². The highest BCUT2D eigenvalue weighted by atomic mass is 16.2. The Morgan fingerprint density at radius 2 is 1.74 bits per heavy atom. The molecule has 2 heterocycles. The van der Waals surface area contributed by atoms with E-state index >= 15 is 0 Å². The summed E-state index contributed by atoms with van der Waals surface area (Å²) in [6, 6.07) is 6.92. The van der Waals surface area contributed by atoms with E-state index in [4.69, 9.17) is 0 Å². The molecule has 23 heavy (non-hydrogen) atoms. The number of aromatic nitrogens is 2. The summed E-state index contributed by atoms with van der Waals surface area (Å²) in [5, 5.41) is 2.75. The first-order chi connectivity index (χ1) is 11.1. The Bertz CT molecular complexity index is 704. The Labute approximate surface area is 134 Å². The van der Waals surface area contributed by atoms with E-state index in [0.717, 1.165) is 31.6 Å². The van der Waals surface area contributed by atoms with E-state index in [1.165, 1.54) is 6.20 Å². The number of rotatable bonds is 3. The highest BCUT2D eigenvalue weighted by molar-refractivity contribution is 6.03. The molecule has 0 aliphatic carbocycles. The van der Waals surface area contributed by atoms with Crippen LogP contribution < -0.4 is 5.32 Å². The summed E-state index contributed by atoms with van der Waals surface area (Å²) >= 11 is 0. The number of aryl methyl sites for hydroxylation is 1. The molecule has 1 N–H and O–H groups in total. The number of nitrogens with one attached hydrogen (secondary N) is 1. The molecule has 0 radical (unpaired) electrons. The summed E-state index contributed by atoms with van der Waals surface area (Å²) in [6.45, 7) is 3.46. The molecule has 0 atom stereocenters. The SMILES string of the molecule is Cc1cnc(C(=O)Nc2ccc(C(=O)N3CCCC3)cc2)cn1. The molecule has 2 aromatic rings. The minimum absolute atomic E-state index is 0.0461. The summed E-state index contributed by atoms with van der Waals surface area (Å²) < 4.78 is 0. The maximum absolute atomic E-state index is 12.3. The van der Waals surface area contributed by atoms with Gasteiger partial charge in [0.15, 0.2) is 0 Å². The van der Waals surface area contributed by atoms with Gasteiger partial charge in [0.25, 0.3) is 11.8 Å². The van der Waals surface area contributed by atoms with Crippen molar-refractivity contribution < 1.29 is 9.59 Å². The average Bonchev–Trinajstić information content (AvgIpc) is 3.10. The summed E-state index contributed by atoms with van der Waals surface area (Å²) in [5.41, 5.74) is 2.27. The topological polar surface area (TPSA) is 75.2 Å². The second-order valence-electron chi connectivity index (χ2n) is 5.57. The zero-order valence-corrected chi connectivity index (χ0v) is 13.0. The van der Waals surface area contributed by atoms with Crippen LogP contribution in [0, 0.1) is 6.92 Å². The van der Waals surface area contributed by atoms with Gasteiger partial charge in [-0.15, -0.1) is 0 Å². The molecule has 6 nitrogen and oxygen atoms in total. The standard InChI is InChI=1S/C17H18N4O2/c1-12-10-19-15(11-18-12)16(22)20-14-6-4-13(5-7-14)17(23)21-8-2-3-9-21/h4-7,10-11H,2-3,8-9H2,1H3,(H,20,22). The van der Waals surface area contributed by atoms with Gasteiger partial charge in [0, 0.05) is 30.5 Å². The lowest BCUT2D eigenvalue weighted by Crippen LogP contribution is -2.27. The number of likely N-dealkylation sites (tertiary alicyclic amines) is 1. The molecule has 118 valence electrons. The Hall–Kier alpha value is -2.76. The van der Waals surface area contributed by atoms with Gasteiger partial charge in [-0.05, 0) is 44.0 Å². The van der Waals surface area contributed by atoms with Gasteiger partial charge in [-0.1, -0.05) is 0 Å². The molecule has 2 amide bonds. The van der Waals surface area contributed by atoms with Crippen molar-refractivity contribution in [1.82, 2.24) is 14.9 Å². The van der Waals surface area contributed by atoms with Crippen molar-refractivity contribution in [3.8, 4) is 0 Å². The predicted octanol–water partition coefficient (Wildman–Crippen LogP) is 2.27. The van der Waals surface area contributed by atoms with Gasteiger partial charge in [0.05, 0.1) is 11.9 Å². The van der Waals surface area contributed by atoms with Crippen molar-refractivity contribution in [2.75, 3.05) is 18.4 Å². The monoisotopic (exact) mass is 310 g/mol. The molecular weight excluding hydrogens is 292 g/mol. The third kappa shape index (κ3) is 3.53. The lowest BCUT2D eigenvalue weighted by atomic mass is 10.2. The molecule has 1 aromatic carbocycles. The van der Waals surface area contributed by atoms with Gasteiger partial charge >= 0.3 is 0 Å². The van der Waals surface area contributed by atoms with Crippen molar-refractivity contribution in [1.29, 1.82) is 0 Å². The van der Waals surface area contributed by atoms with Gasteiger partial charge in [0.2, 0.25) is 0 Å². The maximum Gasteiger partial charge on any atom is 0.275 e. The highest BCUT2D eigenvalue weighted by Gasteiger charge is 2.19. The molecule has 1 fully saturated rings. The predicted molar refractivity (Wildman–Crippen MR) is 86.3 cm³/mol. The van der Waals surface area contributed by atoms with E-state index in [-0.39, 0.29) is 17.5 Å². The number of nitrogens with zero attached hydrogens (tertiary/aromatic N) is 3. The molecule has 1 aromatic heterocycles. The smallest absolute Gasteiger partial charge is 0.275 e. The first-order valence-corrected chi connectivity index (χ1v) is 7.63. The molecule has 6 heteroatoms. The Morgan fingerprint density at radius 3 is 2.35 bits per heavy atom. The van der Waals surface area contributed by atoms with Gasteiger partial charge in [-0.3, -0.25) is 14.6 Å². The number of anilines is 1. The van der Waals surface area contributed by atoms with Crippen molar-refractivity contribution in [2.45, 2.75) is 19.8 Å². The van der Waals surface area contributed by atoms with Gasteiger partial charge in [-0.2, -0.15) is 0 Å². The lowest BCUT2D eigenvalue weighted by Gasteiger charge is -2.15. The van der Waals surface area contributed by atoms with E-state index in [9.17, 15) is 9.59 Å². The zero-order valence-electron chi connectivity index (χ0n) is 13.0. The third-order valence-corrected chi connectivity index (χ3v) is 3.80. The van der Waals surface area contributed by atoms with E-state index in [2.05, 4.69) is 15.3 Å². The molecule has 0 bridgehead atoms. The van der Waals surface area contributed by atoms with Crippen molar-refractivity contribution in [3.63, 3.8) is 0 Å².